The lowest BCUT2D eigenvalue weighted by Gasteiger charge is -2.34. The Morgan fingerprint density at radius 2 is 1.97 bits per heavy atom. The Hall–Kier alpha value is -4.09. The molecule has 198 valence electrons. The minimum absolute atomic E-state index is 0.0529. The number of fused-ring (bicyclic) bond motifs is 2. The highest BCUT2D eigenvalue weighted by atomic mass is 35.5. The van der Waals surface area contributed by atoms with E-state index in [9.17, 15) is 4.79 Å². The number of pyridine rings is 2. The molecule has 1 saturated carbocycles. The second-order valence-electron chi connectivity index (χ2n) is 10.1. The van der Waals surface area contributed by atoms with Crippen molar-refractivity contribution in [3.63, 3.8) is 0 Å². The molecule has 7 rings (SSSR count). The Labute approximate surface area is 227 Å². The van der Waals surface area contributed by atoms with E-state index in [1.807, 2.05) is 27.3 Å². The van der Waals surface area contributed by atoms with Gasteiger partial charge in [0.1, 0.15) is 23.6 Å². The van der Waals surface area contributed by atoms with Crippen LogP contribution in [0.5, 0.6) is 0 Å². The number of rotatable bonds is 8. The highest BCUT2D eigenvalue weighted by Gasteiger charge is 2.43. The number of ether oxygens (including phenoxy) is 1. The zero-order valence-corrected chi connectivity index (χ0v) is 21.5. The number of aromatic nitrogens is 6. The van der Waals surface area contributed by atoms with Crippen molar-refractivity contribution >= 4 is 40.3 Å². The molecular weight excluding hydrogens is 523 g/mol. The van der Waals surface area contributed by atoms with Gasteiger partial charge in [0.15, 0.2) is 5.67 Å². The van der Waals surface area contributed by atoms with Crippen molar-refractivity contribution < 1.29 is 13.9 Å². The molecule has 2 aliphatic rings. The van der Waals surface area contributed by atoms with Gasteiger partial charge in [0.2, 0.25) is 5.91 Å². The van der Waals surface area contributed by atoms with Gasteiger partial charge in [-0.25, -0.2) is 24.3 Å². The van der Waals surface area contributed by atoms with Crippen LogP contribution in [-0.4, -0.2) is 47.9 Å². The molecule has 0 radical (unpaired) electrons. The van der Waals surface area contributed by atoms with Gasteiger partial charge in [-0.1, -0.05) is 11.6 Å². The highest BCUT2D eigenvalue weighted by molar-refractivity contribution is 6.30. The maximum absolute atomic E-state index is 15.4. The van der Waals surface area contributed by atoms with Crippen LogP contribution in [0.4, 0.5) is 16.0 Å². The molecule has 2 fully saturated rings. The van der Waals surface area contributed by atoms with E-state index in [4.69, 9.17) is 21.3 Å². The Kier molecular flexibility index (Phi) is 5.71. The summed E-state index contributed by atoms with van der Waals surface area (Å²) in [6.07, 6.45) is 11.1. The smallest absolute Gasteiger partial charge is 0.231 e. The SMILES string of the molecule is O=C(Cc1ncn2ccc(Cl)cc12)Nc1cc(NCc2cn3cc(C4CC4)cc(C4(F)COC4)c3n2)ncn1. The Balaban J connectivity index is 1.05. The number of amides is 1. The Morgan fingerprint density at radius 3 is 2.77 bits per heavy atom. The van der Waals surface area contributed by atoms with Gasteiger partial charge in [0, 0.05) is 35.2 Å². The van der Waals surface area contributed by atoms with E-state index in [1.165, 1.54) is 6.33 Å². The third-order valence-electron chi connectivity index (χ3n) is 7.11. The molecular formula is C27H24ClFN8O2. The van der Waals surface area contributed by atoms with Crippen LogP contribution >= 0.6 is 11.6 Å². The van der Waals surface area contributed by atoms with Gasteiger partial charge in [-0.05, 0) is 42.5 Å². The van der Waals surface area contributed by atoms with Crippen molar-refractivity contribution in [2.24, 2.45) is 0 Å². The van der Waals surface area contributed by atoms with Gasteiger partial charge >= 0.3 is 0 Å². The number of alkyl halides is 1. The van der Waals surface area contributed by atoms with Crippen LogP contribution in [0, 0.1) is 0 Å². The summed E-state index contributed by atoms with van der Waals surface area (Å²) in [6, 6.07) is 7.13. The third kappa shape index (κ3) is 4.68. The first-order valence-corrected chi connectivity index (χ1v) is 13.1. The molecule has 39 heavy (non-hydrogen) atoms. The van der Waals surface area contributed by atoms with Crippen LogP contribution in [-0.2, 0) is 28.2 Å². The van der Waals surface area contributed by atoms with Gasteiger partial charge < -0.3 is 24.2 Å². The van der Waals surface area contributed by atoms with Gasteiger partial charge in [0.05, 0.1) is 49.4 Å². The fourth-order valence-electron chi connectivity index (χ4n) is 4.86. The number of nitrogens with zero attached hydrogens (tertiary/aromatic N) is 6. The number of anilines is 2. The van der Waals surface area contributed by atoms with Crippen molar-refractivity contribution in [3.05, 3.63) is 83.0 Å². The molecule has 5 aromatic rings. The zero-order chi connectivity index (χ0) is 26.6. The summed E-state index contributed by atoms with van der Waals surface area (Å²) in [4.78, 5) is 30.1. The summed E-state index contributed by atoms with van der Waals surface area (Å²) in [5, 5.41) is 6.59. The fourth-order valence-corrected chi connectivity index (χ4v) is 5.02. The van der Waals surface area contributed by atoms with Crippen LogP contribution in [0.15, 0.2) is 55.5 Å². The molecule has 1 aliphatic heterocycles. The second kappa shape index (κ2) is 9.28. The largest absolute Gasteiger partial charge is 0.374 e. The summed E-state index contributed by atoms with van der Waals surface area (Å²) in [6.45, 7) is 0.468. The lowest BCUT2D eigenvalue weighted by Crippen LogP contribution is -2.43. The van der Waals surface area contributed by atoms with Crippen LogP contribution in [0.2, 0.25) is 5.02 Å². The Bertz CT molecular complexity index is 1730. The zero-order valence-electron chi connectivity index (χ0n) is 20.8. The van der Waals surface area contributed by atoms with Gasteiger partial charge in [-0.15, -0.1) is 0 Å². The summed E-state index contributed by atoms with van der Waals surface area (Å²) in [5.41, 5.74) is 2.95. The molecule has 12 heteroatoms. The van der Waals surface area contributed by atoms with E-state index in [1.54, 1.807) is 30.7 Å². The van der Waals surface area contributed by atoms with Gasteiger partial charge in [0.25, 0.3) is 0 Å². The molecule has 1 amide bonds. The van der Waals surface area contributed by atoms with E-state index in [0.29, 0.717) is 46.0 Å². The molecule has 0 unspecified atom stereocenters. The molecule has 6 heterocycles. The second-order valence-corrected chi connectivity index (χ2v) is 10.5. The first-order valence-electron chi connectivity index (χ1n) is 12.7. The molecule has 0 spiro atoms. The number of carbonyl (C=O) groups excluding carboxylic acids is 1. The van der Waals surface area contributed by atoms with E-state index < -0.39 is 5.67 Å². The molecule has 1 aliphatic carbocycles. The normalized spacial score (nSPS) is 16.4. The van der Waals surface area contributed by atoms with Gasteiger partial charge in [-0.3, -0.25) is 4.79 Å². The maximum atomic E-state index is 15.4. The van der Waals surface area contributed by atoms with Crippen molar-refractivity contribution in [1.29, 1.82) is 0 Å². The van der Waals surface area contributed by atoms with Crippen molar-refractivity contribution in [1.82, 2.24) is 28.7 Å². The standard InChI is InChI=1S/C27H24ClFN8O2/c28-18-3-4-36-15-33-21(22(36)6-18)7-25(38)35-24-8-23(31-14-32-24)30-9-19-11-37-10-17(16-1-2-16)5-20(26(37)34-19)27(29)12-39-13-27/h3-6,8,10-11,14-16H,1-2,7,9,12-13H2,(H2,30,31,32,35,38). The average Bonchev–Trinajstić information content (AvgIpc) is 3.57. The van der Waals surface area contributed by atoms with E-state index in [0.717, 1.165) is 29.6 Å². The summed E-state index contributed by atoms with van der Waals surface area (Å²) in [5.74, 6) is 1.10. The molecule has 5 aromatic heterocycles. The summed E-state index contributed by atoms with van der Waals surface area (Å²) >= 11 is 6.09. The average molecular weight is 547 g/mol. The maximum Gasteiger partial charge on any atom is 0.231 e. The Morgan fingerprint density at radius 1 is 1.13 bits per heavy atom. The third-order valence-corrected chi connectivity index (χ3v) is 7.34. The van der Waals surface area contributed by atoms with Crippen LogP contribution < -0.4 is 10.6 Å². The number of nitrogens with one attached hydrogen (secondary N) is 2. The predicted octanol–water partition coefficient (Wildman–Crippen LogP) is 4.29. The summed E-state index contributed by atoms with van der Waals surface area (Å²) < 4.78 is 24.3. The lowest BCUT2D eigenvalue weighted by atomic mass is 9.93. The minimum atomic E-state index is -1.50. The molecule has 2 N–H and O–H groups in total. The van der Waals surface area contributed by atoms with Gasteiger partial charge in [-0.2, -0.15) is 0 Å². The van der Waals surface area contributed by atoms with Crippen molar-refractivity contribution in [2.45, 2.75) is 37.4 Å². The number of carbonyl (C=O) groups is 1. The molecule has 10 nitrogen and oxygen atoms in total. The molecule has 1 saturated heterocycles. The first kappa shape index (κ1) is 24.0. The van der Waals surface area contributed by atoms with Crippen molar-refractivity contribution in [2.75, 3.05) is 23.8 Å². The van der Waals surface area contributed by atoms with E-state index in [-0.39, 0.29) is 25.5 Å². The van der Waals surface area contributed by atoms with E-state index in [2.05, 4.69) is 25.6 Å². The highest BCUT2D eigenvalue weighted by Crippen LogP contribution is 2.43. The number of hydrogen-bond acceptors (Lipinski definition) is 7. The molecule has 0 atom stereocenters. The minimum Gasteiger partial charge on any atom is -0.374 e. The number of hydrogen-bond donors (Lipinski definition) is 2. The van der Waals surface area contributed by atoms with E-state index >= 15 is 4.39 Å². The monoisotopic (exact) mass is 546 g/mol. The molecule has 0 bridgehead atoms. The number of halogens is 2. The fraction of sp³-hybridized carbons (Fsp3) is 0.296. The van der Waals surface area contributed by atoms with Crippen LogP contribution in [0.3, 0.4) is 0 Å². The number of imidazole rings is 2. The quantitative estimate of drug-likeness (QED) is 0.299. The molecule has 0 aromatic carbocycles. The predicted molar refractivity (Wildman–Crippen MR) is 143 cm³/mol. The summed E-state index contributed by atoms with van der Waals surface area (Å²) in [7, 11) is 0. The topological polar surface area (TPSA) is 111 Å². The van der Waals surface area contributed by atoms with Crippen molar-refractivity contribution in [3.8, 4) is 0 Å². The first-order chi connectivity index (χ1) is 18.9. The van der Waals surface area contributed by atoms with Crippen LogP contribution in [0.25, 0.3) is 11.2 Å². The lowest BCUT2D eigenvalue weighted by molar-refractivity contribution is -0.134. The van der Waals surface area contributed by atoms with Crippen LogP contribution in [0.1, 0.15) is 41.3 Å².